The van der Waals surface area contributed by atoms with Gasteiger partial charge in [-0.25, -0.2) is 0 Å². The van der Waals surface area contributed by atoms with Gasteiger partial charge in [0.15, 0.2) is 0 Å². The average molecular weight is 252 g/mol. The molecule has 2 nitrogen and oxygen atoms in total. The van der Waals surface area contributed by atoms with Gasteiger partial charge in [-0.2, -0.15) is 0 Å². The van der Waals surface area contributed by atoms with E-state index in [1.165, 1.54) is 42.1 Å². The van der Waals surface area contributed by atoms with Gasteiger partial charge in [0, 0.05) is 16.3 Å². The molecule has 2 N–H and O–H groups in total. The first-order valence-electron chi connectivity index (χ1n) is 6.71. The van der Waals surface area contributed by atoms with Crippen molar-refractivity contribution < 1.29 is 0 Å². The van der Waals surface area contributed by atoms with Crippen LogP contribution in [-0.2, 0) is 0 Å². The molecule has 0 aliphatic carbocycles. The molecule has 1 fully saturated rings. The summed E-state index contributed by atoms with van der Waals surface area (Å²) in [5.74, 6) is 0.878. The molecule has 1 aromatic rings. The Morgan fingerprint density at radius 2 is 2.24 bits per heavy atom. The molecule has 2 rings (SSSR count). The minimum absolute atomic E-state index is 0.444. The van der Waals surface area contributed by atoms with Gasteiger partial charge in [-0.15, -0.1) is 11.3 Å². The standard InChI is InChI=1S/C14H24N2S/c1-11-4-3-8-16(9-7-11)13(10-15)14-6-5-12(2)17-14/h5-6,11,13H,3-4,7-10,15H2,1-2H3. The van der Waals surface area contributed by atoms with Crippen molar-refractivity contribution in [2.24, 2.45) is 11.7 Å². The van der Waals surface area contributed by atoms with Crippen LogP contribution in [0, 0.1) is 12.8 Å². The molecule has 0 bridgehead atoms. The minimum atomic E-state index is 0.444. The third-order valence-corrected chi connectivity index (χ3v) is 4.91. The molecular formula is C14H24N2S. The highest BCUT2D eigenvalue weighted by Crippen LogP contribution is 2.29. The minimum Gasteiger partial charge on any atom is -0.329 e. The first-order valence-corrected chi connectivity index (χ1v) is 7.53. The first-order chi connectivity index (χ1) is 8.20. The summed E-state index contributed by atoms with van der Waals surface area (Å²) in [7, 11) is 0. The normalized spacial score (nSPS) is 24.5. The van der Waals surface area contributed by atoms with Crippen LogP contribution in [0.5, 0.6) is 0 Å². The van der Waals surface area contributed by atoms with E-state index in [-0.39, 0.29) is 0 Å². The van der Waals surface area contributed by atoms with Crippen LogP contribution in [0.4, 0.5) is 0 Å². The molecule has 3 heteroatoms. The van der Waals surface area contributed by atoms with Crippen LogP contribution >= 0.6 is 11.3 Å². The second kappa shape index (κ2) is 5.98. The van der Waals surface area contributed by atoms with E-state index in [1.807, 2.05) is 11.3 Å². The lowest BCUT2D eigenvalue weighted by atomic mass is 10.0. The lowest BCUT2D eigenvalue weighted by molar-refractivity contribution is 0.210. The van der Waals surface area contributed by atoms with E-state index >= 15 is 0 Å². The third-order valence-electron chi connectivity index (χ3n) is 3.80. The number of nitrogens with zero attached hydrogens (tertiary/aromatic N) is 1. The Bertz CT molecular complexity index is 348. The fraction of sp³-hybridized carbons (Fsp3) is 0.714. The second-order valence-corrected chi connectivity index (χ2v) is 6.59. The van der Waals surface area contributed by atoms with E-state index in [9.17, 15) is 0 Å². The highest BCUT2D eigenvalue weighted by atomic mass is 32.1. The molecule has 2 heterocycles. The maximum atomic E-state index is 6.00. The number of thiophene rings is 1. The smallest absolute Gasteiger partial charge is 0.0564 e. The number of aryl methyl sites for hydroxylation is 1. The summed E-state index contributed by atoms with van der Waals surface area (Å²) in [6.45, 7) is 7.71. The van der Waals surface area contributed by atoms with E-state index in [0.717, 1.165) is 12.5 Å². The number of likely N-dealkylation sites (tertiary alicyclic amines) is 1. The Morgan fingerprint density at radius 3 is 2.88 bits per heavy atom. The summed E-state index contributed by atoms with van der Waals surface area (Å²) in [5, 5.41) is 0. The van der Waals surface area contributed by atoms with Crippen molar-refractivity contribution in [2.45, 2.75) is 39.2 Å². The molecule has 0 radical (unpaired) electrons. The van der Waals surface area contributed by atoms with Crippen molar-refractivity contribution in [3.8, 4) is 0 Å². The third kappa shape index (κ3) is 3.30. The lowest BCUT2D eigenvalue weighted by Crippen LogP contribution is -2.34. The van der Waals surface area contributed by atoms with Gasteiger partial charge < -0.3 is 5.73 Å². The summed E-state index contributed by atoms with van der Waals surface area (Å²) in [6, 6.07) is 4.91. The summed E-state index contributed by atoms with van der Waals surface area (Å²) >= 11 is 1.90. The van der Waals surface area contributed by atoms with Gasteiger partial charge in [-0.1, -0.05) is 6.92 Å². The van der Waals surface area contributed by atoms with Gasteiger partial charge in [0.05, 0.1) is 6.04 Å². The average Bonchev–Trinajstić information content (AvgIpc) is 2.61. The monoisotopic (exact) mass is 252 g/mol. The highest BCUT2D eigenvalue weighted by Gasteiger charge is 2.22. The molecule has 0 spiro atoms. The molecule has 0 amide bonds. The van der Waals surface area contributed by atoms with Crippen LogP contribution in [-0.4, -0.2) is 24.5 Å². The van der Waals surface area contributed by atoms with Crippen LogP contribution in [0.25, 0.3) is 0 Å². The number of rotatable bonds is 3. The molecule has 1 aliphatic heterocycles. The van der Waals surface area contributed by atoms with Crippen LogP contribution < -0.4 is 5.73 Å². The van der Waals surface area contributed by atoms with Gasteiger partial charge in [0.2, 0.25) is 0 Å². The second-order valence-electron chi connectivity index (χ2n) is 5.27. The van der Waals surface area contributed by atoms with Gasteiger partial charge in [0.25, 0.3) is 0 Å². The van der Waals surface area contributed by atoms with Crippen molar-refractivity contribution in [2.75, 3.05) is 19.6 Å². The molecule has 1 saturated heterocycles. The first kappa shape index (κ1) is 13.1. The van der Waals surface area contributed by atoms with E-state index in [0.29, 0.717) is 6.04 Å². The lowest BCUT2D eigenvalue weighted by Gasteiger charge is -2.29. The Balaban J connectivity index is 2.07. The molecule has 1 aromatic heterocycles. The molecule has 2 unspecified atom stereocenters. The molecule has 2 atom stereocenters. The maximum Gasteiger partial charge on any atom is 0.0564 e. The molecular weight excluding hydrogens is 228 g/mol. The zero-order valence-electron chi connectivity index (χ0n) is 11.0. The fourth-order valence-electron chi connectivity index (χ4n) is 2.67. The topological polar surface area (TPSA) is 29.3 Å². The number of hydrogen-bond acceptors (Lipinski definition) is 3. The van der Waals surface area contributed by atoms with Crippen molar-refractivity contribution in [3.63, 3.8) is 0 Å². The molecule has 17 heavy (non-hydrogen) atoms. The zero-order valence-corrected chi connectivity index (χ0v) is 11.8. The SMILES string of the molecule is Cc1ccc(C(CN)N2CCCC(C)CC2)s1. The Hall–Kier alpha value is -0.380. The highest BCUT2D eigenvalue weighted by molar-refractivity contribution is 7.12. The maximum absolute atomic E-state index is 6.00. The predicted molar refractivity (Wildman–Crippen MR) is 75.4 cm³/mol. The van der Waals surface area contributed by atoms with E-state index < -0.39 is 0 Å². The van der Waals surface area contributed by atoms with E-state index in [2.05, 4.69) is 30.9 Å². The van der Waals surface area contributed by atoms with Gasteiger partial charge in [0.1, 0.15) is 0 Å². The Labute approximate surface area is 109 Å². The van der Waals surface area contributed by atoms with Crippen LogP contribution in [0.3, 0.4) is 0 Å². The van der Waals surface area contributed by atoms with Crippen LogP contribution in [0.2, 0.25) is 0 Å². The van der Waals surface area contributed by atoms with Gasteiger partial charge in [-0.05, 0) is 57.3 Å². The molecule has 1 aliphatic rings. The van der Waals surface area contributed by atoms with Crippen molar-refractivity contribution in [1.29, 1.82) is 0 Å². The van der Waals surface area contributed by atoms with Crippen molar-refractivity contribution in [1.82, 2.24) is 4.90 Å². The van der Waals surface area contributed by atoms with Crippen molar-refractivity contribution >= 4 is 11.3 Å². The van der Waals surface area contributed by atoms with Gasteiger partial charge in [-0.3, -0.25) is 4.90 Å². The van der Waals surface area contributed by atoms with E-state index in [4.69, 9.17) is 5.73 Å². The summed E-state index contributed by atoms with van der Waals surface area (Å²) < 4.78 is 0. The number of hydrogen-bond donors (Lipinski definition) is 1. The summed E-state index contributed by atoms with van der Waals surface area (Å²) in [4.78, 5) is 5.43. The zero-order chi connectivity index (χ0) is 12.3. The van der Waals surface area contributed by atoms with Gasteiger partial charge >= 0.3 is 0 Å². The predicted octanol–water partition coefficient (Wildman–Crippen LogP) is 3.18. The number of nitrogens with two attached hydrogens (primary N) is 1. The Kier molecular flexibility index (Phi) is 4.60. The fourth-order valence-corrected chi connectivity index (χ4v) is 3.70. The summed E-state index contributed by atoms with van der Waals surface area (Å²) in [5.41, 5.74) is 6.00. The molecule has 0 saturated carbocycles. The van der Waals surface area contributed by atoms with E-state index in [1.54, 1.807) is 0 Å². The largest absolute Gasteiger partial charge is 0.329 e. The molecule has 0 aromatic carbocycles. The quantitative estimate of drug-likeness (QED) is 0.895. The summed E-state index contributed by atoms with van der Waals surface area (Å²) in [6.07, 6.45) is 4.01. The molecule has 96 valence electrons. The van der Waals surface area contributed by atoms with Crippen molar-refractivity contribution in [3.05, 3.63) is 21.9 Å². The van der Waals surface area contributed by atoms with Crippen LogP contribution in [0.1, 0.15) is 42.0 Å². The van der Waals surface area contributed by atoms with Crippen LogP contribution in [0.15, 0.2) is 12.1 Å². The Morgan fingerprint density at radius 1 is 1.41 bits per heavy atom.